The maximum absolute atomic E-state index is 5.92. The predicted molar refractivity (Wildman–Crippen MR) is 92.9 cm³/mol. The average Bonchev–Trinajstić information content (AvgIpc) is 3.17. The predicted octanol–water partition coefficient (Wildman–Crippen LogP) is 4.81. The third-order valence-electron chi connectivity index (χ3n) is 3.26. The van der Waals surface area contributed by atoms with Gasteiger partial charge in [-0.15, -0.1) is 11.3 Å². The first kappa shape index (κ1) is 15.5. The van der Waals surface area contributed by atoms with Gasteiger partial charge in [0.25, 0.3) is 0 Å². The van der Waals surface area contributed by atoms with E-state index in [2.05, 4.69) is 54.3 Å². The van der Waals surface area contributed by atoms with E-state index in [1.54, 1.807) is 11.3 Å². The average molecular weight is 432 g/mol. The first-order chi connectivity index (χ1) is 10.1. The zero-order valence-electron chi connectivity index (χ0n) is 11.7. The fourth-order valence-corrected chi connectivity index (χ4v) is 4.24. The Hall–Kier alpha value is -0.430. The van der Waals surface area contributed by atoms with Crippen molar-refractivity contribution in [1.82, 2.24) is 10.3 Å². The highest BCUT2D eigenvalue weighted by molar-refractivity contribution is 9.11. The van der Waals surface area contributed by atoms with Crippen LogP contribution in [0.3, 0.4) is 0 Å². The van der Waals surface area contributed by atoms with Crippen molar-refractivity contribution in [2.45, 2.75) is 39.0 Å². The summed E-state index contributed by atoms with van der Waals surface area (Å²) in [7, 11) is 0. The monoisotopic (exact) mass is 430 g/mol. The Morgan fingerprint density at radius 2 is 2.05 bits per heavy atom. The fraction of sp³-hybridized carbons (Fsp3) is 0.400. The molecule has 1 aliphatic rings. The lowest BCUT2D eigenvalue weighted by atomic mass is 10.2. The normalized spacial score (nSPS) is 14.4. The summed E-state index contributed by atoms with van der Waals surface area (Å²) in [6, 6.07) is 4.95. The number of thiazole rings is 1. The molecule has 1 aromatic carbocycles. The second-order valence-electron chi connectivity index (χ2n) is 5.18. The summed E-state index contributed by atoms with van der Waals surface area (Å²) < 4.78 is 7.87. The van der Waals surface area contributed by atoms with Crippen molar-refractivity contribution in [1.29, 1.82) is 0 Å². The molecule has 1 heterocycles. The summed E-state index contributed by atoms with van der Waals surface area (Å²) in [4.78, 5) is 5.37. The third kappa shape index (κ3) is 4.28. The number of hydrogen-bond donors (Lipinski definition) is 1. The molecule has 1 N–H and O–H groups in total. The van der Waals surface area contributed by atoms with E-state index in [4.69, 9.17) is 4.74 Å². The summed E-state index contributed by atoms with van der Waals surface area (Å²) >= 11 is 8.87. The van der Waals surface area contributed by atoms with Crippen LogP contribution in [0.5, 0.6) is 5.75 Å². The SMILES string of the molecule is Cc1ncc(COc2c(Br)cc(CNC3CC3)cc2Br)s1. The van der Waals surface area contributed by atoms with Gasteiger partial charge in [0.2, 0.25) is 0 Å². The molecular formula is C15H16Br2N2OS. The minimum absolute atomic E-state index is 0.544. The van der Waals surface area contributed by atoms with Gasteiger partial charge in [-0.3, -0.25) is 0 Å². The van der Waals surface area contributed by atoms with Gasteiger partial charge in [0.05, 0.1) is 18.8 Å². The van der Waals surface area contributed by atoms with E-state index in [0.29, 0.717) is 12.6 Å². The van der Waals surface area contributed by atoms with Crippen LogP contribution in [0.1, 0.15) is 28.3 Å². The summed E-state index contributed by atoms with van der Waals surface area (Å²) in [5.74, 6) is 0.844. The molecule has 3 nitrogen and oxygen atoms in total. The maximum atomic E-state index is 5.92. The number of nitrogens with one attached hydrogen (secondary N) is 1. The lowest BCUT2D eigenvalue weighted by Gasteiger charge is -2.12. The van der Waals surface area contributed by atoms with Gasteiger partial charge in [-0.2, -0.15) is 0 Å². The first-order valence-corrected chi connectivity index (χ1v) is 9.27. The van der Waals surface area contributed by atoms with Gasteiger partial charge in [0.15, 0.2) is 0 Å². The number of hydrogen-bond acceptors (Lipinski definition) is 4. The molecule has 1 aromatic heterocycles. The molecule has 0 atom stereocenters. The number of benzene rings is 1. The van der Waals surface area contributed by atoms with Crippen LogP contribution in [0, 0.1) is 6.92 Å². The van der Waals surface area contributed by atoms with Crippen LogP contribution in [-0.4, -0.2) is 11.0 Å². The summed E-state index contributed by atoms with van der Waals surface area (Å²) in [5, 5.41) is 4.58. The van der Waals surface area contributed by atoms with Crippen molar-refractivity contribution in [2.75, 3.05) is 0 Å². The van der Waals surface area contributed by atoms with Gasteiger partial charge in [-0.25, -0.2) is 4.98 Å². The van der Waals surface area contributed by atoms with Crippen LogP contribution < -0.4 is 10.1 Å². The Morgan fingerprint density at radius 1 is 1.33 bits per heavy atom. The van der Waals surface area contributed by atoms with Crippen molar-refractivity contribution in [3.05, 3.63) is 42.7 Å². The van der Waals surface area contributed by atoms with E-state index in [1.807, 2.05) is 13.1 Å². The summed E-state index contributed by atoms with van der Waals surface area (Å²) in [6.07, 6.45) is 4.48. The van der Waals surface area contributed by atoms with Crippen molar-refractivity contribution < 1.29 is 4.74 Å². The third-order valence-corrected chi connectivity index (χ3v) is 5.32. The largest absolute Gasteiger partial charge is 0.486 e. The smallest absolute Gasteiger partial charge is 0.148 e. The van der Waals surface area contributed by atoms with Gasteiger partial charge >= 0.3 is 0 Å². The molecule has 0 aliphatic heterocycles. The molecular weight excluding hydrogens is 416 g/mol. The molecule has 1 fully saturated rings. The van der Waals surface area contributed by atoms with Crippen molar-refractivity contribution in [3.8, 4) is 5.75 Å². The van der Waals surface area contributed by atoms with Gasteiger partial charge in [-0.1, -0.05) is 0 Å². The molecule has 112 valence electrons. The van der Waals surface area contributed by atoms with E-state index in [9.17, 15) is 0 Å². The second kappa shape index (κ2) is 6.77. The van der Waals surface area contributed by atoms with Crippen LogP contribution in [-0.2, 0) is 13.2 Å². The Morgan fingerprint density at radius 3 is 2.62 bits per heavy atom. The highest BCUT2D eigenvalue weighted by Crippen LogP contribution is 2.35. The number of aryl methyl sites for hydroxylation is 1. The topological polar surface area (TPSA) is 34.1 Å². The molecule has 6 heteroatoms. The zero-order chi connectivity index (χ0) is 14.8. The maximum Gasteiger partial charge on any atom is 0.148 e. The molecule has 0 bridgehead atoms. The molecule has 0 radical (unpaired) electrons. The van der Waals surface area contributed by atoms with Crippen LogP contribution in [0.25, 0.3) is 0 Å². The minimum atomic E-state index is 0.544. The Kier molecular flexibility index (Phi) is 4.99. The molecule has 3 rings (SSSR count). The lowest BCUT2D eigenvalue weighted by Crippen LogP contribution is -2.15. The molecule has 21 heavy (non-hydrogen) atoms. The van der Waals surface area contributed by atoms with Crippen LogP contribution in [0.4, 0.5) is 0 Å². The van der Waals surface area contributed by atoms with Gasteiger partial charge in [0, 0.05) is 18.8 Å². The number of halogens is 2. The molecule has 0 saturated heterocycles. The van der Waals surface area contributed by atoms with E-state index in [-0.39, 0.29) is 0 Å². The van der Waals surface area contributed by atoms with Gasteiger partial charge < -0.3 is 10.1 Å². The van der Waals surface area contributed by atoms with Gasteiger partial charge in [-0.05, 0) is 69.3 Å². The van der Waals surface area contributed by atoms with Crippen molar-refractivity contribution in [2.24, 2.45) is 0 Å². The molecule has 2 aromatic rings. The second-order valence-corrected chi connectivity index (χ2v) is 8.21. The van der Waals surface area contributed by atoms with E-state index in [1.165, 1.54) is 18.4 Å². The minimum Gasteiger partial charge on any atom is -0.486 e. The van der Waals surface area contributed by atoms with Gasteiger partial charge in [0.1, 0.15) is 12.4 Å². The van der Waals surface area contributed by atoms with E-state index in [0.717, 1.165) is 31.1 Å². The molecule has 0 spiro atoms. The molecule has 0 unspecified atom stereocenters. The van der Waals surface area contributed by atoms with Crippen molar-refractivity contribution >= 4 is 43.2 Å². The molecule has 0 amide bonds. The van der Waals surface area contributed by atoms with Crippen molar-refractivity contribution in [3.63, 3.8) is 0 Å². The quantitative estimate of drug-likeness (QED) is 0.712. The number of aromatic nitrogens is 1. The fourth-order valence-electron chi connectivity index (χ4n) is 2.02. The lowest BCUT2D eigenvalue weighted by molar-refractivity contribution is 0.305. The highest BCUT2D eigenvalue weighted by atomic mass is 79.9. The molecule has 1 aliphatic carbocycles. The van der Waals surface area contributed by atoms with Crippen LogP contribution in [0.2, 0.25) is 0 Å². The van der Waals surface area contributed by atoms with Crippen LogP contribution >= 0.6 is 43.2 Å². The number of rotatable bonds is 6. The Balaban J connectivity index is 1.66. The summed E-state index contributed by atoms with van der Waals surface area (Å²) in [5.41, 5.74) is 1.25. The highest BCUT2D eigenvalue weighted by Gasteiger charge is 2.20. The van der Waals surface area contributed by atoms with Crippen LogP contribution in [0.15, 0.2) is 27.3 Å². The summed E-state index contributed by atoms with van der Waals surface area (Å²) in [6.45, 7) is 3.44. The van der Waals surface area contributed by atoms with E-state index >= 15 is 0 Å². The number of ether oxygens (including phenoxy) is 1. The van der Waals surface area contributed by atoms with E-state index < -0.39 is 0 Å². The first-order valence-electron chi connectivity index (χ1n) is 6.87. The molecule has 1 saturated carbocycles. The number of nitrogens with zero attached hydrogens (tertiary/aromatic N) is 1. The Bertz CT molecular complexity index is 617. The standard InChI is InChI=1S/C15H16Br2N2OS/c1-9-18-7-12(21-9)8-20-15-13(16)4-10(5-14(15)17)6-19-11-2-3-11/h4-5,7,11,19H,2-3,6,8H2,1H3. The Labute approximate surface area is 145 Å². The zero-order valence-corrected chi connectivity index (χ0v) is 15.6.